The number of amides is 2. The fourth-order valence-electron chi connectivity index (χ4n) is 3.95. The zero-order valence-electron chi connectivity index (χ0n) is 14.8. The van der Waals surface area contributed by atoms with Crippen LogP contribution in [-0.4, -0.2) is 41.9 Å². The van der Waals surface area contributed by atoms with Crippen LogP contribution in [0.3, 0.4) is 0 Å². The molecule has 4 atom stereocenters. The van der Waals surface area contributed by atoms with E-state index < -0.39 is 47.0 Å². The molecule has 3 rings (SSSR count). The molecule has 1 aromatic carbocycles. The van der Waals surface area contributed by atoms with Gasteiger partial charge in [0.15, 0.2) is 5.41 Å². The number of ether oxygens (including phenoxy) is 1. The summed E-state index contributed by atoms with van der Waals surface area (Å²) in [7, 11) is 1.16. The first kappa shape index (κ1) is 19.1. The van der Waals surface area contributed by atoms with Gasteiger partial charge in [-0.3, -0.25) is 9.59 Å². The van der Waals surface area contributed by atoms with Crippen LogP contribution in [0.5, 0.6) is 0 Å². The molecule has 0 bridgehead atoms. The minimum atomic E-state index is -1.87. The Morgan fingerprint density at radius 3 is 2.39 bits per heavy atom. The lowest BCUT2D eigenvalue weighted by molar-refractivity contribution is -0.145. The molecule has 1 aromatic rings. The van der Waals surface area contributed by atoms with Gasteiger partial charge in [-0.25, -0.2) is 9.18 Å². The molecule has 2 heterocycles. The van der Waals surface area contributed by atoms with Crippen molar-refractivity contribution in [2.75, 3.05) is 7.11 Å². The highest BCUT2D eigenvalue weighted by atomic mass is 19.1. The zero-order valence-corrected chi connectivity index (χ0v) is 14.8. The van der Waals surface area contributed by atoms with Crippen LogP contribution < -0.4 is 11.5 Å². The number of nitriles is 1. The van der Waals surface area contributed by atoms with Gasteiger partial charge in [-0.05, 0) is 23.8 Å². The van der Waals surface area contributed by atoms with E-state index in [-0.39, 0.29) is 5.57 Å². The largest absolute Gasteiger partial charge is 0.467 e. The van der Waals surface area contributed by atoms with Gasteiger partial charge >= 0.3 is 5.97 Å². The van der Waals surface area contributed by atoms with Crippen molar-refractivity contribution in [3.8, 4) is 6.07 Å². The molecule has 9 heteroatoms. The second kappa shape index (κ2) is 6.81. The van der Waals surface area contributed by atoms with Gasteiger partial charge in [0.2, 0.25) is 11.8 Å². The summed E-state index contributed by atoms with van der Waals surface area (Å²) in [6.07, 6.45) is 4.13. The monoisotopic (exact) mass is 384 g/mol. The first-order valence-electron chi connectivity index (χ1n) is 8.29. The first-order chi connectivity index (χ1) is 13.3. The van der Waals surface area contributed by atoms with E-state index in [9.17, 15) is 24.0 Å². The van der Waals surface area contributed by atoms with Crippen LogP contribution >= 0.6 is 0 Å². The number of hydrogen-bond donors (Lipinski definition) is 2. The number of halogens is 1. The Kier molecular flexibility index (Phi) is 4.65. The van der Waals surface area contributed by atoms with E-state index in [4.69, 9.17) is 16.2 Å². The molecule has 2 aliphatic rings. The third kappa shape index (κ3) is 2.62. The van der Waals surface area contributed by atoms with Crippen molar-refractivity contribution in [2.24, 2.45) is 16.9 Å². The Bertz CT molecular complexity index is 950. The highest BCUT2D eigenvalue weighted by Crippen LogP contribution is 2.53. The van der Waals surface area contributed by atoms with Crippen LogP contribution in [0.1, 0.15) is 11.5 Å². The quantitative estimate of drug-likeness (QED) is 0.704. The number of methoxy groups -OCH3 is 1. The van der Waals surface area contributed by atoms with Gasteiger partial charge in [-0.15, -0.1) is 0 Å². The van der Waals surface area contributed by atoms with Crippen molar-refractivity contribution in [2.45, 2.75) is 18.0 Å². The Balaban J connectivity index is 2.29. The molecule has 0 spiro atoms. The van der Waals surface area contributed by atoms with E-state index in [1.165, 1.54) is 35.4 Å². The molecule has 8 nitrogen and oxygen atoms in total. The number of fused-ring (bicyclic) bond motifs is 1. The second-order valence-corrected chi connectivity index (χ2v) is 6.54. The highest BCUT2D eigenvalue weighted by molar-refractivity contribution is 5.96. The highest BCUT2D eigenvalue weighted by Gasteiger charge is 2.65. The average molecular weight is 384 g/mol. The Morgan fingerprint density at radius 1 is 1.25 bits per heavy atom. The average Bonchev–Trinajstić information content (AvgIpc) is 2.98. The van der Waals surface area contributed by atoms with Crippen LogP contribution in [0.4, 0.5) is 4.39 Å². The SMILES string of the molecule is COC(=O)[C@@H]1[C@@H](c2ccc(F)cc2)[C@](C#N)(C(N)=O)[C@@H]2C=CC(C(N)=O)=CN12. The Labute approximate surface area is 159 Å². The predicted molar refractivity (Wildman–Crippen MR) is 94.2 cm³/mol. The van der Waals surface area contributed by atoms with Crippen molar-refractivity contribution < 1.29 is 23.5 Å². The normalized spacial score (nSPS) is 28.1. The number of primary amides is 2. The minimum Gasteiger partial charge on any atom is -0.467 e. The molecule has 1 saturated heterocycles. The number of rotatable bonds is 4. The number of carbonyl (C=O) groups excluding carboxylic acids is 3. The van der Waals surface area contributed by atoms with E-state index >= 15 is 0 Å². The Morgan fingerprint density at radius 2 is 1.89 bits per heavy atom. The summed E-state index contributed by atoms with van der Waals surface area (Å²) in [6, 6.07) is 4.95. The second-order valence-electron chi connectivity index (χ2n) is 6.54. The lowest BCUT2D eigenvalue weighted by Gasteiger charge is -2.32. The summed E-state index contributed by atoms with van der Waals surface area (Å²) in [6.45, 7) is 0. The topological polar surface area (TPSA) is 140 Å². The van der Waals surface area contributed by atoms with E-state index in [2.05, 4.69) is 0 Å². The van der Waals surface area contributed by atoms with E-state index in [1.807, 2.05) is 6.07 Å². The molecule has 0 aromatic heterocycles. The van der Waals surface area contributed by atoms with Gasteiger partial charge in [0, 0.05) is 12.1 Å². The molecule has 2 aliphatic heterocycles. The maximum Gasteiger partial charge on any atom is 0.329 e. The van der Waals surface area contributed by atoms with Gasteiger partial charge in [0.05, 0.1) is 24.8 Å². The summed E-state index contributed by atoms with van der Waals surface area (Å²) >= 11 is 0. The van der Waals surface area contributed by atoms with E-state index in [1.54, 1.807) is 0 Å². The molecule has 1 fully saturated rings. The van der Waals surface area contributed by atoms with Gasteiger partial charge in [-0.2, -0.15) is 5.26 Å². The van der Waals surface area contributed by atoms with Crippen LogP contribution in [0.2, 0.25) is 0 Å². The first-order valence-corrected chi connectivity index (χ1v) is 8.29. The van der Waals surface area contributed by atoms with Crippen LogP contribution in [-0.2, 0) is 19.1 Å². The smallest absolute Gasteiger partial charge is 0.329 e. The molecule has 0 aliphatic carbocycles. The number of nitrogens with two attached hydrogens (primary N) is 2. The fraction of sp³-hybridized carbons (Fsp3) is 0.263. The van der Waals surface area contributed by atoms with Crippen LogP contribution in [0.15, 0.2) is 48.2 Å². The van der Waals surface area contributed by atoms with Crippen molar-refractivity contribution in [1.82, 2.24) is 4.90 Å². The Hall–Kier alpha value is -3.67. The van der Waals surface area contributed by atoms with Gasteiger partial charge in [0.1, 0.15) is 11.9 Å². The molecule has 4 N–H and O–H groups in total. The molecule has 0 saturated carbocycles. The third-order valence-corrected chi connectivity index (χ3v) is 5.21. The van der Waals surface area contributed by atoms with E-state index in [0.29, 0.717) is 5.56 Å². The van der Waals surface area contributed by atoms with Gasteiger partial charge < -0.3 is 21.1 Å². The summed E-state index contributed by atoms with van der Waals surface area (Å²) in [5.41, 5.74) is 9.54. The molecule has 0 radical (unpaired) electrons. The number of hydrogen-bond acceptors (Lipinski definition) is 6. The maximum absolute atomic E-state index is 13.4. The summed E-state index contributed by atoms with van der Waals surface area (Å²) in [4.78, 5) is 38.2. The molecular weight excluding hydrogens is 367 g/mol. The molecule has 2 amide bonds. The van der Waals surface area contributed by atoms with Crippen molar-refractivity contribution in [3.05, 3.63) is 59.6 Å². The molecular formula is C19H17FN4O4. The summed E-state index contributed by atoms with van der Waals surface area (Å²) < 4.78 is 18.3. The standard InChI is InChI=1S/C19H17FN4O4/c1-28-17(26)15-14(10-2-5-12(20)6-3-10)19(9-21,18(23)27)13-7-4-11(16(22)25)8-24(13)15/h2-8,13-15H,1H3,(H2,22,25)(H2,23,27)/t13-,14+,15-,19+/m0/s1. The number of esters is 1. The van der Waals surface area contributed by atoms with Crippen molar-refractivity contribution in [1.29, 1.82) is 5.26 Å². The van der Waals surface area contributed by atoms with E-state index in [0.717, 1.165) is 19.2 Å². The van der Waals surface area contributed by atoms with Crippen LogP contribution in [0.25, 0.3) is 0 Å². The number of carbonyl (C=O) groups is 3. The van der Waals surface area contributed by atoms with Crippen molar-refractivity contribution >= 4 is 17.8 Å². The maximum atomic E-state index is 13.4. The lowest BCUT2D eigenvalue weighted by atomic mass is 9.68. The minimum absolute atomic E-state index is 0.0845. The van der Waals surface area contributed by atoms with Crippen molar-refractivity contribution in [3.63, 3.8) is 0 Å². The predicted octanol–water partition coefficient (Wildman–Crippen LogP) is 0.0694. The summed E-state index contributed by atoms with van der Waals surface area (Å²) in [5.74, 6) is -4.03. The van der Waals surface area contributed by atoms with Gasteiger partial charge in [-0.1, -0.05) is 18.2 Å². The molecule has 144 valence electrons. The van der Waals surface area contributed by atoms with Crippen LogP contribution in [0, 0.1) is 22.6 Å². The summed E-state index contributed by atoms with van der Waals surface area (Å²) in [5, 5.41) is 10.0. The number of benzene rings is 1. The molecule has 0 unspecified atom stereocenters. The van der Waals surface area contributed by atoms with Gasteiger partial charge in [0.25, 0.3) is 0 Å². The number of nitrogens with zero attached hydrogens (tertiary/aromatic N) is 2. The fourth-order valence-corrected chi connectivity index (χ4v) is 3.95. The zero-order chi connectivity index (χ0) is 20.6. The lowest BCUT2D eigenvalue weighted by Crippen LogP contribution is -2.48. The molecule has 28 heavy (non-hydrogen) atoms. The third-order valence-electron chi connectivity index (χ3n) is 5.21.